The second-order valence-electron chi connectivity index (χ2n) is 5.64. The Labute approximate surface area is 123 Å². The SMILES string of the molecule is CCOC1CCN(c2ccccc2CC(N)CC)CC1. The van der Waals surface area contributed by atoms with Crippen LogP contribution in [0.1, 0.15) is 38.7 Å². The fourth-order valence-electron chi connectivity index (χ4n) is 2.92. The number of nitrogens with two attached hydrogens (primary N) is 1. The van der Waals surface area contributed by atoms with Gasteiger partial charge < -0.3 is 15.4 Å². The van der Waals surface area contributed by atoms with E-state index in [0.29, 0.717) is 6.10 Å². The Bertz CT molecular complexity index is 400. The van der Waals surface area contributed by atoms with Crippen molar-refractivity contribution in [1.82, 2.24) is 0 Å². The Balaban J connectivity index is 2.02. The van der Waals surface area contributed by atoms with Crippen LogP contribution in [0, 0.1) is 0 Å². The lowest BCUT2D eigenvalue weighted by molar-refractivity contribution is 0.0459. The first-order chi connectivity index (χ1) is 9.74. The number of benzene rings is 1. The molecule has 20 heavy (non-hydrogen) atoms. The molecule has 1 aromatic carbocycles. The molecule has 3 nitrogen and oxygen atoms in total. The van der Waals surface area contributed by atoms with Crippen molar-refractivity contribution >= 4 is 5.69 Å². The van der Waals surface area contributed by atoms with E-state index < -0.39 is 0 Å². The van der Waals surface area contributed by atoms with Gasteiger partial charge in [0.05, 0.1) is 6.10 Å². The number of ether oxygens (including phenoxy) is 1. The summed E-state index contributed by atoms with van der Waals surface area (Å²) in [4.78, 5) is 2.49. The average molecular weight is 276 g/mol. The van der Waals surface area contributed by atoms with Gasteiger partial charge in [-0.05, 0) is 44.2 Å². The molecule has 0 aliphatic carbocycles. The van der Waals surface area contributed by atoms with Gasteiger partial charge in [0.2, 0.25) is 0 Å². The van der Waals surface area contributed by atoms with Crippen molar-refractivity contribution in [1.29, 1.82) is 0 Å². The fourth-order valence-corrected chi connectivity index (χ4v) is 2.92. The summed E-state index contributed by atoms with van der Waals surface area (Å²) >= 11 is 0. The van der Waals surface area contributed by atoms with Crippen LogP contribution in [0.15, 0.2) is 24.3 Å². The van der Waals surface area contributed by atoms with Crippen molar-refractivity contribution in [2.45, 2.75) is 51.7 Å². The van der Waals surface area contributed by atoms with Gasteiger partial charge in [0, 0.05) is 31.4 Å². The van der Waals surface area contributed by atoms with Crippen molar-refractivity contribution in [2.75, 3.05) is 24.6 Å². The quantitative estimate of drug-likeness (QED) is 0.868. The van der Waals surface area contributed by atoms with Gasteiger partial charge in [0.1, 0.15) is 0 Å². The van der Waals surface area contributed by atoms with Crippen LogP contribution >= 0.6 is 0 Å². The molecule has 0 aromatic heterocycles. The van der Waals surface area contributed by atoms with Crippen LogP contribution < -0.4 is 10.6 Å². The second-order valence-corrected chi connectivity index (χ2v) is 5.64. The van der Waals surface area contributed by atoms with Gasteiger partial charge in [-0.1, -0.05) is 25.1 Å². The molecule has 2 N–H and O–H groups in total. The van der Waals surface area contributed by atoms with E-state index in [-0.39, 0.29) is 6.04 Å². The van der Waals surface area contributed by atoms with E-state index in [1.807, 2.05) is 0 Å². The fraction of sp³-hybridized carbons (Fsp3) is 0.647. The predicted molar refractivity (Wildman–Crippen MR) is 85.3 cm³/mol. The van der Waals surface area contributed by atoms with E-state index >= 15 is 0 Å². The summed E-state index contributed by atoms with van der Waals surface area (Å²) < 4.78 is 5.73. The Morgan fingerprint density at radius 1 is 1.25 bits per heavy atom. The molecule has 1 unspecified atom stereocenters. The molecule has 3 heteroatoms. The zero-order valence-electron chi connectivity index (χ0n) is 12.8. The smallest absolute Gasteiger partial charge is 0.0608 e. The number of hydrogen-bond donors (Lipinski definition) is 1. The topological polar surface area (TPSA) is 38.5 Å². The summed E-state index contributed by atoms with van der Waals surface area (Å²) in [6, 6.07) is 8.97. The minimum Gasteiger partial charge on any atom is -0.378 e. The van der Waals surface area contributed by atoms with Crippen LogP contribution in [0.25, 0.3) is 0 Å². The van der Waals surface area contributed by atoms with Crippen LogP contribution in [-0.4, -0.2) is 31.8 Å². The maximum Gasteiger partial charge on any atom is 0.0608 e. The first kappa shape index (κ1) is 15.3. The molecule has 112 valence electrons. The first-order valence-corrected chi connectivity index (χ1v) is 7.94. The summed E-state index contributed by atoms with van der Waals surface area (Å²) in [6.07, 6.45) is 4.70. The molecule has 1 aromatic rings. The van der Waals surface area contributed by atoms with Crippen LogP contribution in [-0.2, 0) is 11.2 Å². The molecule has 0 bridgehead atoms. The maximum atomic E-state index is 6.13. The monoisotopic (exact) mass is 276 g/mol. The predicted octanol–water partition coefficient (Wildman–Crippen LogP) is 2.97. The normalized spacial score (nSPS) is 18.2. The molecule has 1 saturated heterocycles. The summed E-state index contributed by atoms with van der Waals surface area (Å²) in [7, 11) is 0. The molecular formula is C17H28N2O. The largest absolute Gasteiger partial charge is 0.378 e. The van der Waals surface area contributed by atoms with Crippen molar-refractivity contribution in [3.63, 3.8) is 0 Å². The molecule has 0 radical (unpaired) electrons. The molecule has 1 aliphatic heterocycles. The summed E-state index contributed by atoms with van der Waals surface area (Å²) in [5.41, 5.74) is 8.88. The second kappa shape index (κ2) is 7.65. The van der Waals surface area contributed by atoms with Gasteiger partial charge in [-0.15, -0.1) is 0 Å². The van der Waals surface area contributed by atoms with Crippen molar-refractivity contribution in [2.24, 2.45) is 5.73 Å². The standard InChI is InChI=1S/C17H28N2O/c1-3-15(18)13-14-7-5-6-8-17(14)19-11-9-16(10-12-19)20-4-2/h5-8,15-16H,3-4,9-13,18H2,1-2H3. The highest BCUT2D eigenvalue weighted by atomic mass is 16.5. The van der Waals surface area contributed by atoms with Gasteiger partial charge >= 0.3 is 0 Å². The highest BCUT2D eigenvalue weighted by Crippen LogP contribution is 2.26. The van der Waals surface area contributed by atoms with E-state index in [4.69, 9.17) is 10.5 Å². The van der Waals surface area contributed by atoms with Crippen molar-refractivity contribution in [3.05, 3.63) is 29.8 Å². The zero-order valence-corrected chi connectivity index (χ0v) is 12.8. The van der Waals surface area contributed by atoms with Crippen molar-refractivity contribution < 1.29 is 4.74 Å². The average Bonchev–Trinajstić information content (AvgIpc) is 2.49. The minimum absolute atomic E-state index is 0.261. The third-order valence-electron chi connectivity index (χ3n) is 4.18. The lowest BCUT2D eigenvalue weighted by Crippen LogP contribution is -2.37. The lowest BCUT2D eigenvalue weighted by atomic mass is 10.00. The van der Waals surface area contributed by atoms with Crippen LogP contribution in [0.5, 0.6) is 0 Å². The van der Waals surface area contributed by atoms with Crippen LogP contribution in [0.2, 0.25) is 0 Å². The summed E-state index contributed by atoms with van der Waals surface area (Å²) in [5, 5.41) is 0. The highest BCUT2D eigenvalue weighted by molar-refractivity contribution is 5.54. The van der Waals surface area contributed by atoms with Crippen LogP contribution in [0.3, 0.4) is 0 Å². The van der Waals surface area contributed by atoms with E-state index in [1.54, 1.807) is 0 Å². The lowest BCUT2D eigenvalue weighted by Gasteiger charge is -2.34. The molecule has 2 rings (SSSR count). The van der Waals surface area contributed by atoms with E-state index in [9.17, 15) is 0 Å². The Kier molecular flexibility index (Phi) is 5.86. The molecule has 1 fully saturated rings. The van der Waals surface area contributed by atoms with Gasteiger partial charge in [-0.2, -0.15) is 0 Å². The third kappa shape index (κ3) is 3.97. The highest BCUT2D eigenvalue weighted by Gasteiger charge is 2.21. The summed E-state index contributed by atoms with van der Waals surface area (Å²) in [6.45, 7) is 7.23. The van der Waals surface area contributed by atoms with Gasteiger partial charge in [-0.3, -0.25) is 0 Å². The van der Waals surface area contributed by atoms with E-state index in [0.717, 1.165) is 45.4 Å². The Morgan fingerprint density at radius 2 is 1.95 bits per heavy atom. The van der Waals surface area contributed by atoms with E-state index in [2.05, 4.69) is 43.0 Å². The molecule has 1 aliphatic rings. The first-order valence-electron chi connectivity index (χ1n) is 7.94. The number of para-hydroxylation sites is 1. The molecule has 1 heterocycles. The number of nitrogens with zero attached hydrogens (tertiary/aromatic N) is 1. The van der Waals surface area contributed by atoms with Gasteiger partial charge in [0.25, 0.3) is 0 Å². The van der Waals surface area contributed by atoms with Gasteiger partial charge in [0.15, 0.2) is 0 Å². The zero-order chi connectivity index (χ0) is 14.4. The Hall–Kier alpha value is -1.06. The third-order valence-corrected chi connectivity index (χ3v) is 4.18. The molecular weight excluding hydrogens is 248 g/mol. The number of piperidine rings is 1. The van der Waals surface area contributed by atoms with E-state index in [1.165, 1.54) is 11.3 Å². The number of rotatable bonds is 6. The van der Waals surface area contributed by atoms with Gasteiger partial charge in [-0.25, -0.2) is 0 Å². The molecule has 1 atom stereocenters. The Morgan fingerprint density at radius 3 is 2.60 bits per heavy atom. The maximum absolute atomic E-state index is 6.13. The minimum atomic E-state index is 0.261. The number of anilines is 1. The van der Waals surface area contributed by atoms with Crippen LogP contribution in [0.4, 0.5) is 5.69 Å². The molecule has 0 spiro atoms. The number of hydrogen-bond acceptors (Lipinski definition) is 3. The van der Waals surface area contributed by atoms with Crippen molar-refractivity contribution in [3.8, 4) is 0 Å². The molecule has 0 saturated carbocycles. The summed E-state index contributed by atoms with van der Waals surface area (Å²) in [5.74, 6) is 0. The molecule has 0 amide bonds.